The third kappa shape index (κ3) is 4.60. The number of hydrogen-bond acceptors (Lipinski definition) is 5. The maximum atomic E-state index is 12.5. The molecule has 0 unspecified atom stereocenters. The monoisotopic (exact) mass is 389 g/mol. The van der Waals surface area contributed by atoms with Gasteiger partial charge in [-0.05, 0) is 37.1 Å². The standard InChI is InChI=1S/C16H19N3O2S.2ClH/c1-21-13-4-2-11(3-5-13)15-18-14(10-22-15)16(20)19-8-6-12(17)7-9-19;;/h2-5,10,12H,6-9,17H2,1H3;2*1H. The Hall–Kier alpha value is -1.34. The second-order valence-corrected chi connectivity index (χ2v) is 6.25. The van der Waals surface area contributed by atoms with Gasteiger partial charge in [-0.25, -0.2) is 4.98 Å². The first-order valence-corrected chi connectivity index (χ1v) is 8.20. The molecule has 1 fully saturated rings. The zero-order valence-electron chi connectivity index (χ0n) is 13.3. The van der Waals surface area contributed by atoms with Crippen LogP contribution in [-0.4, -0.2) is 42.0 Å². The molecule has 3 rings (SSSR count). The van der Waals surface area contributed by atoms with E-state index in [1.54, 1.807) is 7.11 Å². The second-order valence-electron chi connectivity index (χ2n) is 5.40. The fourth-order valence-corrected chi connectivity index (χ4v) is 3.30. The van der Waals surface area contributed by atoms with Crippen LogP contribution in [0.2, 0.25) is 0 Å². The molecule has 0 radical (unpaired) electrons. The third-order valence-electron chi connectivity index (χ3n) is 3.89. The number of rotatable bonds is 3. The first-order valence-electron chi connectivity index (χ1n) is 7.32. The molecule has 1 aliphatic rings. The minimum atomic E-state index is 0. The molecule has 0 spiro atoms. The number of aromatic nitrogens is 1. The minimum Gasteiger partial charge on any atom is -0.497 e. The highest BCUT2D eigenvalue weighted by Crippen LogP contribution is 2.26. The summed E-state index contributed by atoms with van der Waals surface area (Å²) >= 11 is 1.48. The number of likely N-dealkylation sites (tertiary alicyclic amines) is 1. The number of benzene rings is 1. The molecular formula is C16H21Cl2N3O2S. The number of piperidine rings is 1. The van der Waals surface area contributed by atoms with Gasteiger partial charge in [0.15, 0.2) is 0 Å². The number of hydrogen-bond donors (Lipinski definition) is 1. The van der Waals surface area contributed by atoms with Crippen LogP contribution in [0.15, 0.2) is 29.6 Å². The van der Waals surface area contributed by atoms with E-state index >= 15 is 0 Å². The lowest BCUT2D eigenvalue weighted by atomic mass is 10.1. The van der Waals surface area contributed by atoms with Crippen LogP contribution in [0.25, 0.3) is 10.6 Å². The predicted molar refractivity (Wildman–Crippen MR) is 102 cm³/mol. The van der Waals surface area contributed by atoms with Gasteiger partial charge in [-0.3, -0.25) is 4.79 Å². The van der Waals surface area contributed by atoms with E-state index in [0.29, 0.717) is 5.69 Å². The fourth-order valence-electron chi connectivity index (χ4n) is 2.50. The van der Waals surface area contributed by atoms with E-state index in [0.717, 1.165) is 42.3 Å². The van der Waals surface area contributed by atoms with E-state index in [2.05, 4.69) is 4.98 Å². The summed E-state index contributed by atoms with van der Waals surface area (Å²) in [5.74, 6) is 0.809. The number of ether oxygens (including phenoxy) is 1. The van der Waals surface area contributed by atoms with Crippen molar-refractivity contribution < 1.29 is 9.53 Å². The molecule has 5 nitrogen and oxygen atoms in total. The number of carbonyl (C=O) groups is 1. The molecule has 0 aliphatic carbocycles. The normalized spacial score (nSPS) is 14.5. The van der Waals surface area contributed by atoms with Crippen LogP contribution < -0.4 is 10.5 Å². The number of methoxy groups -OCH3 is 1. The van der Waals surface area contributed by atoms with Crippen molar-refractivity contribution in [3.8, 4) is 16.3 Å². The molecule has 2 heterocycles. The van der Waals surface area contributed by atoms with Gasteiger partial charge in [0.25, 0.3) is 5.91 Å². The number of halogens is 2. The Morgan fingerprint density at radius 1 is 1.25 bits per heavy atom. The van der Waals surface area contributed by atoms with Crippen molar-refractivity contribution in [3.05, 3.63) is 35.3 Å². The number of nitrogens with two attached hydrogens (primary N) is 1. The summed E-state index contributed by atoms with van der Waals surface area (Å²) in [7, 11) is 1.64. The topological polar surface area (TPSA) is 68.5 Å². The molecule has 1 saturated heterocycles. The van der Waals surface area contributed by atoms with E-state index in [9.17, 15) is 4.79 Å². The molecule has 0 saturated carbocycles. The van der Waals surface area contributed by atoms with Crippen LogP contribution in [-0.2, 0) is 0 Å². The maximum absolute atomic E-state index is 12.5. The summed E-state index contributed by atoms with van der Waals surface area (Å²) in [5, 5.41) is 2.68. The van der Waals surface area contributed by atoms with Gasteiger partial charge in [-0.15, -0.1) is 36.2 Å². The van der Waals surface area contributed by atoms with Crippen LogP contribution in [0.5, 0.6) is 5.75 Å². The average molecular weight is 390 g/mol. The summed E-state index contributed by atoms with van der Waals surface area (Å²) in [5.41, 5.74) is 7.39. The van der Waals surface area contributed by atoms with Crippen LogP contribution in [0.3, 0.4) is 0 Å². The lowest BCUT2D eigenvalue weighted by Crippen LogP contribution is -2.42. The van der Waals surface area contributed by atoms with Crippen molar-refractivity contribution >= 4 is 42.1 Å². The summed E-state index contributed by atoms with van der Waals surface area (Å²) in [6.07, 6.45) is 1.72. The van der Waals surface area contributed by atoms with Gasteiger partial charge in [-0.2, -0.15) is 0 Å². The molecule has 2 N–H and O–H groups in total. The SMILES string of the molecule is COc1ccc(-c2nc(C(=O)N3CCC(N)CC3)cs2)cc1.Cl.Cl. The van der Waals surface area contributed by atoms with Gasteiger partial charge in [-0.1, -0.05) is 0 Å². The van der Waals surface area contributed by atoms with Crippen molar-refractivity contribution in [1.29, 1.82) is 0 Å². The van der Waals surface area contributed by atoms with Crippen molar-refractivity contribution in [2.75, 3.05) is 20.2 Å². The first kappa shape index (κ1) is 20.7. The summed E-state index contributed by atoms with van der Waals surface area (Å²) in [4.78, 5) is 18.8. The zero-order chi connectivity index (χ0) is 15.5. The Balaban J connectivity index is 0.00000144. The molecular weight excluding hydrogens is 369 g/mol. The number of nitrogens with zero attached hydrogens (tertiary/aromatic N) is 2. The van der Waals surface area contributed by atoms with Gasteiger partial charge >= 0.3 is 0 Å². The van der Waals surface area contributed by atoms with Crippen molar-refractivity contribution in [3.63, 3.8) is 0 Å². The Bertz CT molecular complexity index is 656. The van der Waals surface area contributed by atoms with Crippen molar-refractivity contribution in [1.82, 2.24) is 9.88 Å². The maximum Gasteiger partial charge on any atom is 0.273 e. The third-order valence-corrected chi connectivity index (χ3v) is 4.78. The summed E-state index contributed by atoms with van der Waals surface area (Å²) in [6.45, 7) is 1.44. The number of amides is 1. The van der Waals surface area contributed by atoms with Crippen LogP contribution in [0.4, 0.5) is 0 Å². The van der Waals surface area contributed by atoms with Gasteiger partial charge in [0.05, 0.1) is 7.11 Å². The van der Waals surface area contributed by atoms with E-state index in [4.69, 9.17) is 10.5 Å². The molecule has 132 valence electrons. The molecule has 1 aromatic carbocycles. The first-order chi connectivity index (χ1) is 10.7. The van der Waals surface area contributed by atoms with Crippen molar-refractivity contribution in [2.45, 2.75) is 18.9 Å². The molecule has 1 aliphatic heterocycles. The van der Waals surface area contributed by atoms with Crippen LogP contribution in [0.1, 0.15) is 23.3 Å². The van der Waals surface area contributed by atoms with E-state index in [1.165, 1.54) is 11.3 Å². The van der Waals surface area contributed by atoms with Crippen molar-refractivity contribution in [2.24, 2.45) is 5.73 Å². The van der Waals surface area contributed by atoms with E-state index in [1.807, 2.05) is 34.5 Å². The van der Waals surface area contributed by atoms with Crippen LogP contribution in [0, 0.1) is 0 Å². The lowest BCUT2D eigenvalue weighted by Gasteiger charge is -2.29. The molecule has 0 atom stereocenters. The highest BCUT2D eigenvalue weighted by atomic mass is 35.5. The van der Waals surface area contributed by atoms with Crippen LogP contribution >= 0.6 is 36.2 Å². The quantitative estimate of drug-likeness (QED) is 0.874. The number of thiazole rings is 1. The smallest absolute Gasteiger partial charge is 0.273 e. The van der Waals surface area contributed by atoms with Gasteiger partial charge in [0.2, 0.25) is 0 Å². The van der Waals surface area contributed by atoms with Gasteiger partial charge in [0, 0.05) is 30.1 Å². The molecule has 0 bridgehead atoms. The Kier molecular flexibility index (Phi) is 7.96. The highest BCUT2D eigenvalue weighted by molar-refractivity contribution is 7.13. The molecule has 1 aromatic heterocycles. The molecule has 8 heteroatoms. The summed E-state index contributed by atoms with van der Waals surface area (Å²) in [6, 6.07) is 7.90. The van der Waals surface area contributed by atoms with Gasteiger partial charge in [0.1, 0.15) is 16.5 Å². The summed E-state index contributed by atoms with van der Waals surface area (Å²) < 4.78 is 5.15. The van der Waals surface area contributed by atoms with E-state index < -0.39 is 0 Å². The Labute approximate surface area is 158 Å². The second kappa shape index (κ2) is 9.22. The average Bonchev–Trinajstić information content (AvgIpc) is 3.05. The zero-order valence-corrected chi connectivity index (χ0v) is 15.8. The Morgan fingerprint density at radius 2 is 1.88 bits per heavy atom. The molecule has 2 aromatic rings. The van der Waals surface area contributed by atoms with E-state index in [-0.39, 0.29) is 36.8 Å². The number of carbonyl (C=O) groups excluding carboxylic acids is 1. The molecule has 24 heavy (non-hydrogen) atoms. The largest absolute Gasteiger partial charge is 0.497 e. The van der Waals surface area contributed by atoms with Gasteiger partial charge < -0.3 is 15.4 Å². The fraction of sp³-hybridized carbons (Fsp3) is 0.375. The Morgan fingerprint density at radius 3 is 2.46 bits per heavy atom. The predicted octanol–water partition coefficient (Wildman–Crippen LogP) is 3.23. The minimum absolute atomic E-state index is 0. The highest BCUT2D eigenvalue weighted by Gasteiger charge is 2.23. The molecule has 1 amide bonds. The lowest BCUT2D eigenvalue weighted by molar-refractivity contribution is 0.0709.